The van der Waals surface area contributed by atoms with Crippen LogP contribution in [-0.2, 0) is 0 Å². The standard InChI is InChI=1S/C11H12IN5OS/c12-8-9(14-7-15-10(8)18)16-2-4-17(5-3-16)11-13-1-6-19-11/h1,6-7H,2-5H2,(H,14,15,18). The van der Waals surface area contributed by atoms with Gasteiger partial charge in [-0.3, -0.25) is 4.79 Å². The largest absolute Gasteiger partial charge is 0.352 e. The third kappa shape index (κ3) is 2.59. The summed E-state index contributed by atoms with van der Waals surface area (Å²) in [5.74, 6) is 0.781. The van der Waals surface area contributed by atoms with Crippen molar-refractivity contribution in [2.24, 2.45) is 0 Å². The van der Waals surface area contributed by atoms with Crippen molar-refractivity contribution in [1.82, 2.24) is 15.0 Å². The topological polar surface area (TPSA) is 65.1 Å². The van der Waals surface area contributed by atoms with Gasteiger partial charge in [0.25, 0.3) is 5.56 Å². The van der Waals surface area contributed by atoms with E-state index in [1.165, 1.54) is 6.33 Å². The predicted octanol–water partition coefficient (Wildman–Crippen LogP) is 1.16. The number of halogens is 1. The Morgan fingerprint density at radius 1 is 1.21 bits per heavy atom. The van der Waals surface area contributed by atoms with Crippen molar-refractivity contribution in [3.63, 3.8) is 0 Å². The Balaban J connectivity index is 1.73. The highest BCUT2D eigenvalue weighted by Crippen LogP contribution is 2.22. The second kappa shape index (κ2) is 5.45. The predicted molar refractivity (Wildman–Crippen MR) is 84.1 cm³/mol. The lowest BCUT2D eigenvalue weighted by Crippen LogP contribution is -2.47. The van der Waals surface area contributed by atoms with Gasteiger partial charge in [-0.05, 0) is 22.6 Å². The summed E-state index contributed by atoms with van der Waals surface area (Å²) < 4.78 is 0.655. The fourth-order valence-corrected chi connectivity index (χ4v) is 3.41. The zero-order valence-electron chi connectivity index (χ0n) is 10.0. The first kappa shape index (κ1) is 12.9. The first-order valence-electron chi connectivity index (χ1n) is 5.88. The summed E-state index contributed by atoms with van der Waals surface area (Å²) in [6, 6.07) is 0. The summed E-state index contributed by atoms with van der Waals surface area (Å²) in [4.78, 5) is 27.2. The smallest absolute Gasteiger partial charge is 0.266 e. The molecule has 1 saturated heterocycles. The van der Waals surface area contributed by atoms with Crippen molar-refractivity contribution in [2.45, 2.75) is 0 Å². The molecule has 0 aromatic carbocycles. The Bertz CT molecular complexity index is 606. The molecule has 0 bridgehead atoms. The van der Waals surface area contributed by atoms with E-state index in [1.807, 2.05) is 11.6 Å². The van der Waals surface area contributed by atoms with Gasteiger partial charge in [0.15, 0.2) is 5.13 Å². The molecule has 1 N–H and O–H groups in total. The highest BCUT2D eigenvalue weighted by molar-refractivity contribution is 14.1. The lowest BCUT2D eigenvalue weighted by molar-refractivity contribution is 0.643. The third-order valence-corrected chi connectivity index (χ3v) is 4.85. The summed E-state index contributed by atoms with van der Waals surface area (Å²) in [6.45, 7) is 3.51. The number of nitrogens with zero attached hydrogens (tertiary/aromatic N) is 4. The van der Waals surface area contributed by atoms with Gasteiger partial charge in [-0.1, -0.05) is 0 Å². The molecular formula is C11H12IN5OS. The van der Waals surface area contributed by atoms with Gasteiger partial charge in [0.05, 0.1) is 6.33 Å². The maximum Gasteiger partial charge on any atom is 0.266 e. The van der Waals surface area contributed by atoms with Gasteiger partial charge < -0.3 is 14.8 Å². The Morgan fingerprint density at radius 2 is 1.95 bits per heavy atom. The molecule has 1 fully saturated rings. The second-order valence-electron chi connectivity index (χ2n) is 4.16. The number of aromatic nitrogens is 3. The van der Waals surface area contributed by atoms with Gasteiger partial charge in [-0.15, -0.1) is 11.3 Å². The van der Waals surface area contributed by atoms with Crippen LogP contribution in [0.3, 0.4) is 0 Å². The van der Waals surface area contributed by atoms with Crippen LogP contribution in [0.15, 0.2) is 22.7 Å². The van der Waals surface area contributed by atoms with Crippen LogP contribution in [0.1, 0.15) is 0 Å². The zero-order chi connectivity index (χ0) is 13.2. The van der Waals surface area contributed by atoms with Crippen LogP contribution in [0, 0.1) is 3.57 Å². The number of thiazole rings is 1. The van der Waals surface area contributed by atoms with E-state index in [0.717, 1.165) is 37.1 Å². The van der Waals surface area contributed by atoms with Crippen molar-refractivity contribution in [2.75, 3.05) is 36.0 Å². The van der Waals surface area contributed by atoms with Crippen LogP contribution >= 0.6 is 33.9 Å². The molecular weight excluding hydrogens is 377 g/mol. The molecule has 0 aliphatic carbocycles. The van der Waals surface area contributed by atoms with Crippen molar-refractivity contribution < 1.29 is 0 Å². The van der Waals surface area contributed by atoms with E-state index in [2.05, 4.69) is 47.3 Å². The average molecular weight is 389 g/mol. The van der Waals surface area contributed by atoms with E-state index >= 15 is 0 Å². The van der Waals surface area contributed by atoms with Crippen LogP contribution in [0.5, 0.6) is 0 Å². The molecule has 0 spiro atoms. The van der Waals surface area contributed by atoms with Crippen LogP contribution in [-0.4, -0.2) is 41.1 Å². The van der Waals surface area contributed by atoms with Gasteiger partial charge >= 0.3 is 0 Å². The number of nitrogens with one attached hydrogen (secondary N) is 1. The number of rotatable bonds is 2. The van der Waals surface area contributed by atoms with Crippen molar-refractivity contribution in [3.8, 4) is 0 Å². The number of piperazine rings is 1. The average Bonchev–Trinajstić information content (AvgIpc) is 2.96. The van der Waals surface area contributed by atoms with Crippen LogP contribution in [0.4, 0.5) is 10.9 Å². The van der Waals surface area contributed by atoms with Crippen LogP contribution < -0.4 is 15.4 Å². The minimum Gasteiger partial charge on any atom is -0.352 e. The summed E-state index contributed by atoms with van der Waals surface area (Å²) in [6.07, 6.45) is 3.29. The van der Waals surface area contributed by atoms with Crippen molar-refractivity contribution in [1.29, 1.82) is 0 Å². The SMILES string of the molecule is O=c1[nH]cnc(N2CCN(c3nccs3)CC2)c1I. The summed E-state index contributed by atoms with van der Waals surface area (Å²) in [7, 11) is 0. The van der Waals surface area contributed by atoms with E-state index in [1.54, 1.807) is 11.3 Å². The van der Waals surface area contributed by atoms with Crippen LogP contribution in [0.25, 0.3) is 0 Å². The molecule has 1 aliphatic heterocycles. The Morgan fingerprint density at radius 3 is 2.63 bits per heavy atom. The Labute approximate surface area is 127 Å². The van der Waals surface area contributed by atoms with Gasteiger partial charge in [-0.2, -0.15) is 0 Å². The first-order chi connectivity index (χ1) is 9.25. The number of anilines is 2. The van der Waals surface area contributed by atoms with Gasteiger partial charge in [0.1, 0.15) is 9.39 Å². The van der Waals surface area contributed by atoms with Gasteiger partial charge in [-0.25, -0.2) is 9.97 Å². The molecule has 0 saturated carbocycles. The molecule has 100 valence electrons. The third-order valence-electron chi connectivity index (χ3n) is 3.05. The Hall–Kier alpha value is -1.16. The maximum absolute atomic E-state index is 11.6. The number of hydrogen-bond donors (Lipinski definition) is 1. The molecule has 0 atom stereocenters. The molecule has 2 aromatic heterocycles. The van der Waals surface area contributed by atoms with Gasteiger partial charge in [0, 0.05) is 37.8 Å². The highest BCUT2D eigenvalue weighted by Gasteiger charge is 2.21. The molecule has 19 heavy (non-hydrogen) atoms. The number of aromatic amines is 1. The van der Waals surface area contributed by atoms with E-state index in [9.17, 15) is 4.79 Å². The molecule has 8 heteroatoms. The molecule has 3 heterocycles. The molecule has 0 unspecified atom stereocenters. The highest BCUT2D eigenvalue weighted by atomic mass is 127. The van der Waals surface area contributed by atoms with Crippen molar-refractivity contribution in [3.05, 3.63) is 31.8 Å². The minimum absolute atomic E-state index is 0.0760. The molecule has 6 nitrogen and oxygen atoms in total. The summed E-state index contributed by atoms with van der Waals surface area (Å²) in [5.41, 5.74) is -0.0760. The lowest BCUT2D eigenvalue weighted by Gasteiger charge is -2.35. The second-order valence-corrected chi connectivity index (χ2v) is 6.11. The molecule has 0 amide bonds. The number of hydrogen-bond acceptors (Lipinski definition) is 6. The Kier molecular flexibility index (Phi) is 3.69. The van der Waals surface area contributed by atoms with E-state index in [4.69, 9.17) is 0 Å². The summed E-state index contributed by atoms with van der Waals surface area (Å²) >= 11 is 3.71. The maximum atomic E-state index is 11.6. The molecule has 1 aliphatic rings. The van der Waals surface area contributed by atoms with Crippen molar-refractivity contribution >= 4 is 44.9 Å². The molecule has 3 rings (SSSR count). The fourth-order valence-electron chi connectivity index (χ4n) is 2.08. The quantitative estimate of drug-likeness (QED) is 0.782. The monoisotopic (exact) mass is 389 g/mol. The normalized spacial score (nSPS) is 15.8. The van der Waals surface area contributed by atoms with Gasteiger partial charge in [0.2, 0.25) is 0 Å². The molecule has 0 radical (unpaired) electrons. The first-order valence-corrected chi connectivity index (χ1v) is 7.84. The lowest BCUT2D eigenvalue weighted by atomic mass is 10.3. The fraction of sp³-hybridized carbons (Fsp3) is 0.364. The molecule has 2 aromatic rings. The van der Waals surface area contributed by atoms with E-state index < -0.39 is 0 Å². The van der Waals surface area contributed by atoms with Crippen LogP contribution in [0.2, 0.25) is 0 Å². The summed E-state index contributed by atoms with van der Waals surface area (Å²) in [5, 5.41) is 3.05. The van der Waals surface area contributed by atoms with E-state index in [0.29, 0.717) is 3.57 Å². The zero-order valence-corrected chi connectivity index (χ0v) is 13.0. The van der Waals surface area contributed by atoms with E-state index in [-0.39, 0.29) is 5.56 Å². The number of H-pyrrole nitrogens is 1. The minimum atomic E-state index is -0.0760.